The zero-order valence-corrected chi connectivity index (χ0v) is 29.9. The monoisotopic (exact) mass is 680 g/mol. The Kier molecular flexibility index (Phi) is 11.2. The van der Waals surface area contributed by atoms with Gasteiger partial charge in [-0.1, -0.05) is 32.4 Å². The summed E-state index contributed by atoms with van der Waals surface area (Å²) >= 11 is 6.28. The number of carbonyl (C=O) groups excluding carboxylic acids is 2. The largest absolute Gasteiger partial charge is 0.495 e. The number of ketones is 1. The Hall–Kier alpha value is -3.73. The number of methoxy groups -OCH3 is 1. The SMILES string of the molecule is COc1cn(C(CC2CCC(O[Si](C)(C)C(C)(C)C)CC2)C(=O)Nc2ccc(C(=O)O)cc2)c(=O)cc1-c1cc(Cl)ccc1C(C)=O. The van der Waals surface area contributed by atoms with Crippen molar-refractivity contribution in [3.8, 4) is 16.9 Å². The Labute approximate surface area is 282 Å². The number of benzene rings is 2. The van der Waals surface area contributed by atoms with E-state index < -0.39 is 31.8 Å². The lowest BCUT2D eigenvalue weighted by molar-refractivity contribution is -0.120. The average Bonchev–Trinajstić information content (AvgIpc) is 3.00. The summed E-state index contributed by atoms with van der Waals surface area (Å²) in [6.45, 7) is 12.6. The molecule has 0 saturated heterocycles. The minimum Gasteiger partial charge on any atom is -0.495 e. The number of Topliss-reactive ketones (excluding diaryl/α,β-unsaturated/α-hetero) is 1. The molecule has 0 bridgehead atoms. The summed E-state index contributed by atoms with van der Waals surface area (Å²) in [6.07, 6.45) is 5.55. The van der Waals surface area contributed by atoms with E-state index in [4.69, 9.17) is 20.8 Å². The number of nitrogens with one attached hydrogen (secondary N) is 1. The molecule has 252 valence electrons. The van der Waals surface area contributed by atoms with E-state index in [2.05, 4.69) is 39.2 Å². The van der Waals surface area contributed by atoms with Gasteiger partial charge in [-0.05, 0) is 111 Å². The third-order valence-electron chi connectivity index (χ3n) is 9.57. The molecule has 0 aliphatic heterocycles. The van der Waals surface area contributed by atoms with Gasteiger partial charge in [0, 0.05) is 34.0 Å². The molecule has 9 nitrogen and oxygen atoms in total. The number of amides is 1. The smallest absolute Gasteiger partial charge is 0.335 e. The van der Waals surface area contributed by atoms with Crippen LogP contribution in [0.3, 0.4) is 0 Å². The maximum absolute atomic E-state index is 14.0. The maximum Gasteiger partial charge on any atom is 0.335 e. The fraction of sp³-hybridized carbons (Fsp3) is 0.444. The van der Waals surface area contributed by atoms with Gasteiger partial charge in [-0.2, -0.15) is 0 Å². The summed E-state index contributed by atoms with van der Waals surface area (Å²) in [7, 11) is -0.461. The molecular weight excluding hydrogens is 636 g/mol. The number of ether oxygens (including phenoxy) is 1. The second-order valence-electron chi connectivity index (χ2n) is 13.9. The highest BCUT2D eigenvalue weighted by Crippen LogP contribution is 2.41. The van der Waals surface area contributed by atoms with Crippen LogP contribution in [-0.4, -0.2) is 48.9 Å². The standard InChI is InChI=1S/C36H45ClN2O7Si/c1-22(40)28-17-12-25(37)19-29(28)30-20-33(41)39(21-32(30)45-5)31(34(42)38-26-13-10-24(11-14-26)35(43)44)18-23-8-15-27(16-9-23)46-47(6,7)36(2,3)4/h10-14,17,19-21,23,27,31H,8-9,15-16,18H2,1-7H3,(H,38,42)(H,43,44). The van der Waals surface area contributed by atoms with Crippen LogP contribution < -0.4 is 15.6 Å². The van der Waals surface area contributed by atoms with Crippen molar-refractivity contribution in [3.05, 3.63) is 81.2 Å². The molecule has 1 heterocycles. The Bertz CT molecular complexity index is 1690. The molecule has 47 heavy (non-hydrogen) atoms. The van der Waals surface area contributed by atoms with E-state index in [1.54, 1.807) is 18.2 Å². The number of aromatic carboxylic acids is 1. The van der Waals surface area contributed by atoms with Crippen molar-refractivity contribution < 1.29 is 28.7 Å². The second kappa shape index (κ2) is 14.6. The van der Waals surface area contributed by atoms with E-state index in [0.717, 1.165) is 25.7 Å². The molecule has 4 rings (SSSR count). The molecule has 1 unspecified atom stereocenters. The Morgan fingerprint density at radius 2 is 1.66 bits per heavy atom. The molecule has 1 saturated carbocycles. The van der Waals surface area contributed by atoms with E-state index in [1.165, 1.54) is 55.1 Å². The summed E-state index contributed by atoms with van der Waals surface area (Å²) < 4.78 is 13.8. The molecule has 1 amide bonds. The van der Waals surface area contributed by atoms with Crippen molar-refractivity contribution >= 4 is 43.3 Å². The van der Waals surface area contributed by atoms with Gasteiger partial charge in [0.25, 0.3) is 5.56 Å². The van der Waals surface area contributed by atoms with Crippen LogP contribution in [0, 0.1) is 5.92 Å². The van der Waals surface area contributed by atoms with Crippen molar-refractivity contribution in [1.82, 2.24) is 4.57 Å². The molecule has 2 aromatic carbocycles. The first-order valence-corrected chi connectivity index (χ1v) is 19.2. The van der Waals surface area contributed by atoms with Gasteiger partial charge < -0.3 is 19.6 Å². The van der Waals surface area contributed by atoms with Crippen LogP contribution in [0.1, 0.15) is 86.6 Å². The van der Waals surface area contributed by atoms with Gasteiger partial charge >= 0.3 is 5.97 Å². The van der Waals surface area contributed by atoms with Gasteiger partial charge in [0.1, 0.15) is 11.8 Å². The number of anilines is 1. The summed E-state index contributed by atoms with van der Waals surface area (Å²) in [5, 5.41) is 12.7. The highest BCUT2D eigenvalue weighted by atomic mass is 35.5. The lowest BCUT2D eigenvalue weighted by atomic mass is 9.83. The maximum atomic E-state index is 14.0. The minimum absolute atomic E-state index is 0.0960. The third-order valence-corrected chi connectivity index (χ3v) is 14.3. The lowest BCUT2D eigenvalue weighted by Gasteiger charge is -2.41. The number of hydrogen-bond acceptors (Lipinski definition) is 6. The molecule has 2 N–H and O–H groups in total. The van der Waals surface area contributed by atoms with E-state index in [9.17, 15) is 24.3 Å². The summed E-state index contributed by atoms with van der Waals surface area (Å²) in [5.41, 5.74) is 1.32. The predicted octanol–water partition coefficient (Wildman–Crippen LogP) is 8.23. The quantitative estimate of drug-likeness (QED) is 0.154. The second-order valence-corrected chi connectivity index (χ2v) is 19.1. The predicted molar refractivity (Wildman–Crippen MR) is 187 cm³/mol. The van der Waals surface area contributed by atoms with Gasteiger partial charge in [0.2, 0.25) is 5.91 Å². The number of rotatable bonds is 11. The Morgan fingerprint density at radius 3 is 2.21 bits per heavy atom. The van der Waals surface area contributed by atoms with Crippen molar-refractivity contribution in [1.29, 1.82) is 0 Å². The van der Waals surface area contributed by atoms with Crippen molar-refractivity contribution in [2.24, 2.45) is 5.92 Å². The number of carboxylic acids is 1. The molecule has 0 spiro atoms. The highest BCUT2D eigenvalue weighted by molar-refractivity contribution is 6.74. The number of carboxylic acid groups (broad SMARTS) is 1. The Morgan fingerprint density at radius 1 is 1.02 bits per heavy atom. The van der Waals surface area contributed by atoms with Gasteiger partial charge in [-0.3, -0.25) is 19.0 Å². The van der Waals surface area contributed by atoms with Crippen molar-refractivity contribution in [3.63, 3.8) is 0 Å². The van der Waals surface area contributed by atoms with Gasteiger partial charge in [-0.15, -0.1) is 0 Å². The summed E-state index contributed by atoms with van der Waals surface area (Å²) in [6, 6.07) is 11.2. The average molecular weight is 681 g/mol. The van der Waals surface area contributed by atoms with Crippen LogP contribution in [0.25, 0.3) is 11.1 Å². The van der Waals surface area contributed by atoms with Crippen LogP contribution in [0.4, 0.5) is 5.69 Å². The zero-order valence-electron chi connectivity index (χ0n) is 28.2. The van der Waals surface area contributed by atoms with Gasteiger partial charge in [-0.25, -0.2) is 4.79 Å². The molecule has 1 fully saturated rings. The van der Waals surface area contributed by atoms with Crippen LogP contribution in [0.2, 0.25) is 23.2 Å². The lowest BCUT2D eigenvalue weighted by Crippen LogP contribution is -2.44. The molecule has 0 radical (unpaired) electrons. The fourth-order valence-corrected chi connectivity index (χ4v) is 7.45. The van der Waals surface area contributed by atoms with Crippen LogP contribution >= 0.6 is 11.6 Å². The normalized spacial score (nSPS) is 17.5. The van der Waals surface area contributed by atoms with Crippen LogP contribution in [0.5, 0.6) is 5.75 Å². The summed E-state index contributed by atoms with van der Waals surface area (Å²) in [4.78, 5) is 51.6. The first-order valence-electron chi connectivity index (χ1n) is 15.9. The minimum atomic E-state index is -1.93. The molecule has 11 heteroatoms. The van der Waals surface area contributed by atoms with Crippen molar-refractivity contribution in [2.75, 3.05) is 12.4 Å². The first-order chi connectivity index (χ1) is 22.0. The van der Waals surface area contributed by atoms with Crippen molar-refractivity contribution in [2.45, 2.75) is 90.1 Å². The molecule has 3 aromatic rings. The molecule has 1 atom stereocenters. The number of nitrogens with zero attached hydrogens (tertiary/aromatic N) is 1. The number of aromatic nitrogens is 1. The van der Waals surface area contributed by atoms with Gasteiger partial charge in [0.05, 0.1) is 18.9 Å². The van der Waals surface area contributed by atoms with E-state index >= 15 is 0 Å². The fourth-order valence-electron chi connectivity index (χ4n) is 5.85. The first kappa shape index (κ1) is 36.1. The van der Waals surface area contributed by atoms with E-state index in [-0.39, 0.29) is 28.4 Å². The molecular formula is C36H45ClN2O7Si. The van der Waals surface area contributed by atoms with Crippen LogP contribution in [-0.2, 0) is 9.22 Å². The number of carbonyl (C=O) groups is 3. The van der Waals surface area contributed by atoms with E-state index in [1.807, 2.05) is 0 Å². The summed E-state index contributed by atoms with van der Waals surface area (Å²) in [5.74, 6) is -1.20. The number of pyridine rings is 1. The van der Waals surface area contributed by atoms with E-state index in [0.29, 0.717) is 39.6 Å². The van der Waals surface area contributed by atoms with Gasteiger partial charge in [0.15, 0.2) is 14.1 Å². The molecule has 1 aliphatic carbocycles. The molecule has 1 aromatic heterocycles. The molecule has 1 aliphatic rings. The number of halogens is 1. The Balaban J connectivity index is 1.67. The highest BCUT2D eigenvalue weighted by Gasteiger charge is 2.40. The zero-order chi connectivity index (χ0) is 34.7. The van der Waals surface area contributed by atoms with Crippen LogP contribution in [0.15, 0.2) is 59.5 Å². The third kappa shape index (κ3) is 8.60. The topological polar surface area (TPSA) is 124 Å². The number of hydrogen-bond donors (Lipinski definition) is 2.